The summed E-state index contributed by atoms with van der Waals surface area (Å²) < 4.78 is 5.18. The van der Waals surface area contributed by atoms with Gasteiger partial charge in [-0.1, -0.05) is 34.6 Å². The molecule has 0 N–H and O–H groups in total. The van der Waals surface area contributed by atoms with Crippen LogP contribution in [0.3, 0.4) is 0 Å². The van der Waals surface area contributed by atoms with Gasteiger partial charge in [-0.25, -0.2) is 0 Å². The van der Waals surface area contributed by atoms with E-state index in [2.05, 4.69) is 34.6 Å². The van der Waals surface area contributed by atoms with Crippen molar-refractivity contribution in [2.75, 3.05) is 13.7 Å². The highest BCUT2D eigenvalue weighted by atomic mass is 16.5. The van der Waals surface area contributed by atoms with Gasteiger partial charge in [-0.15, -0.1) is 0 Å². The van der Waals surface area contributed by atoms with Crippen LogP contribution in [-0.4, -0.2) is 13.7 Å². The van der Waals surface area contributed by atoms with E-state index in [0.717, 1.165) is 24.4 Å². The normalized spacial score (nSPS) is 14.8. The van der Waals surface area contributed by atoms with Crippen LogP contribution >= 0.6 is 0 Å². The van der Waals surface area contributed by atoms with Gasteiger partial charge in [0.05, 0.1) is 0 Å². The Morgan fingerprint density at radius 1 is 0.917 bits per heavy atom. The average Bonchev–Trinajstić information content (AvgIpc) is 1.85. The molecule has 0 saturated heterocycles. The molecule has 0 bridgehead atoms. The maximum atomic E-state index is 5.18. The van der Waals surface area contributed by atoms with E-state index in [1.165, 1.54) is 0 Å². The molecular weight excluding hydrogens is 148 g/mol. The zero-order chi connectivity index (χ0) is 9.72. The van der Waals surface area contributed by atoms with Crippen LogP contribution in [0.4, 0.5) is 0 Å². The first-order valence-electron chi connectivity index (χ1n) is 4.99. The second-order valence-corrected chi connectivity index (χ2v) is 4.50. The van der Waals surface area contributed by atoms with E-state index >= 15 is 0 Å². The smallest absolute Gasteiger partial charge is 0.0490 e. The predicted octanol–water partition coefficient (Wildman–Crippen LogP) is 3.20. The number of hydrogen-bond acceptors (Lipinski definition) is 1. The summed E-state index contributed by atoms with van der Waals surface area (Å²) in [5, 5.41) is 0. The number of methoxy groups -OCH3 is 1. The molecule has 1 heteroatoms. The maximum Gasteiger partial charge on any atom is 0.0490 e. The minimum atomic E-state index is 0.676. The van der Waals surface area contributed by atoms with E-state index in [-0.39, 0.29) is 0 Å². The lowest BCUT2D eigenvalue weighted by Gasteiger charge is -2.30. The first-order valence-corrected chi connectivity index (χ1v) is 4.99. The highest BCUT2D eigenvalue weighted by Gasteiger charge is 2.23. The summed E-state index contributed by atoms with van der Waals surface area (Å²) in [6.45, 7) is 12.4. The van der Waals surface area contributed by atoms with Crippen molar-refractivity contribution < 1.29 is 4.74 Å². The van der Waals surface area contributed by atoms with Gasteiger partial charge < -0.3 is 4.74 Å². The Hall–Kier alpha value is -0.0400. The summed E-state index contributed by atoms with van der Waals surface area (Å²) in [5.74, 6) is 2.98. The van der Waals surface area contributed by atoms with Crippen molar-refractivity contribution in [3.63, 3.8) is 0 Å². The van der Waals surface area contributed by atoms with Crippen LogP contribution in [0.2, 0.25) is 0 Å². The molecule has 0 heterocycles. The fourth-order valence-corrected chi connectivity index (χ4v) is 2.46. The third-order valence-electron chi connectivity index (χ3n) is 2.63. The molecule has 0 fully saturated rings. The monoisotopic (exact) mass is 172 g/mol. The second kappa shape index (κ2) is 5.58. The van der Waals surface area contributed by atoms with Crippen molar-refractivity contribution in [2.24, 2.45) is 23.7 Å². The van der Waals surface area contributed by atoms with Gasteiger partial charge >= 0.3 is 0 Å². The van der Waals surface area contributed by atoms with Gasteiger partial charge in [0.25, 0.3) is 0 Å². The van der Waals surface area contributed by atoms with Gasteiger partial charge in [0.2, 0.25) is 0 Å². The molecule has 0 aliphatic rings. The van der Waals surface area contributed by atoms with Crippen LogP contribution in [0.1, 0.15) is 34.6 Å². The Labute approximate surface area is 77.5 Å². The highest BCUT2D eigenvalue weighted by molar-refractivity contribution is 4.72. The van der Waals surface area contributed by atoms with E-state index in [4.69, 9.17) is 4.74 Å². The summed E-state index contributed by atoms with van der Waals surface area (Å²) in [6.07, 6.45) is 0. The van der Waals surface area contributed by atoms with Gasteiger partial charge in [0.1, 0.15) is 0 Å². The maximum absolute atomic E-state index is 5.18. The van der Waals surface area contributed by atoms with Crippen LogP contribution in [0.15, 0.2) is 0 Å². The van der Waals surface area contributed by atoms with Gasteiger partial charge in [-0.05, 0) is 23.7 Å². The molecule has 0 amide bonds. The highest BCUT2D eigenvalue weighted by Crippen LogP contribution is 2.28. The minimum absolute atomic E-state index is 0.676. The zero-order valence-corrected chi connectivity index (χ0v) is 9.42. The Balaban J connectivity index is 4.09. The first-order chi connectivity index (χ1) is 5.50. The largest absolute Gasteiger partial charge is 0.384 e. The second-order valence-electron chi connectivity index (χ2n) is 4.50. The third kappa shape index (κ3) is 3.57. The molecule has 0 aromatic heterocycles. The van der Waals surface area contributed by atoms with E-state index in [0.29, 0.717) is 5.92 Å². The van der Waals surface area contributed by atoms with Crippen LogP contribution in [0.25, 0.3) is 0 Å². The van der Waals surface area contributed by atoms with Crippen molar-refractivity contribution >= 4 is 0 Å². The fraction of sp³-hybridized carbons (Fsp3) is 1.00. The van der Waals surface area contributed by atoms with Crippen molar-refractivity contribution in [1.82, 2.24) is 0 Å². The molecule has 0 aliphatic heterocycles. The Kier molecular flexibility index (Phi) is 5.56. The summed E-state index contributed by atoms with van der Waals surface area (Å²) in [5.41, 5.74) is 0. The molecule has 0 aliphatic carbocycles. The molecule has 12 heavy (non-hydrogen) atoms. The van der Waals surface area contributed by atoms with Crippen molar-refractivity contribution in [3.05, 3.63) is 0 Å². The van der Waals surface area contributed by atoms with Gasteiger partial charge in [0.15, 0.2) is 0 Å². The standard InChI is InChI=1S/C11H24O/c1-8(2)11(9(3)4)10(5)7-12-6/h8-11H,7H2,1-6H3. The molecule has 0 aromatic rings. The fourth-order valence-electron chi connectivity index (χ4n) is 2.46. The van der Waals surface area contributed by atoms with E-state index < -0.39 is 0 Å². The lowest BCUT2D eigenvalue weighted by atomic mass is 9.77. The number of hydrogen-bond donors (Lipinski definition) is 0. The Morgan fingerprint density at radius 2 is 1.33 bits per heavy atom. The lowest BCUT2D eigenvalue weighted by Crippen LogP contribution is -2.26. The predicted molar refractivity (Wildman–Crippen MR) is 54.2 cm³/mol. The molecule has 74 valence electrons. The third-order valence-corrected chi connectivity index (χ3v) is 2.63. The van der Waals surface area contributed by atoms with E-state index in [9.17, 15) is 0 Å². The summed E-state index contributed by atoms with van der Waals surface area (Å²) >= 11 is 0. The molecule has 0 rings (SSSR count). The van der Waals surface area contributed by atoms with Gasteiger partial charge in [-0.2, -0.15) is 0 Å². The van der Waals surface area contributed by atoms with Crippen LogP contribution in [-0.2, 0) is 4.74 Å². The molecule has 1 nitrogen and oxygen atoms in total. The molecule has 0 aromatic carbocycles. The summed E-state index contributed by atoms with van der Waals surface area (Å²) in [6, 6.07) is 0. The van der Waals surface area contributed by atoms with Crippen molar-refractivity contribution in [1.29, 1.82) is 0 Å². The number of ether oxygens (including phenoxy) is 1. The summed E-state index contributed by atoms with van der Waals surface area (Å²) in [4.78, 5) is 0. The first kappa shape index (κ1) is 12.0. The van der Waals surface area contributed by atoms with Gasteiger partial charge in [0, 0.05) is 13.7 Å². The SMILES string of the molecule is COCC(C)C(C(C)C)C(C)C. The van der Waals surface area contributed by atoms with Crippen LogP contribution in [0.5, 0.6) is 0 Å². The minimum Gasteiger partial charge on any atom is -0.384 e. The average molecular weight is 172 g/mol. The Bertz CT molecular complexity index is 99.6. The van der Waals surface area contributed by atoms with Crippen molar-refractivity contribution in [3.8, 4) is 0 Å². The zero-order valence-electron chi connectivity index (χ0n) is 9.42. The molecule has 0 radical (unpaired) electrons. The quantitative estimate of drug-likeness (QED) is 0.619. The van der Waals surface area contributed by atoms with Crippen molar-refractivity contribution in [2.45, 2.75) is 34.6 Å². The van der Waals surface area contributed by atoms with Crippen LogP contribution in [0, 0.1) is 23.7 Å². The van der Waals surface area contributed by atoms with Crippen LogP contribution < -0.4 is 0 Å². The Morgan fingerprint density at radius 3 is 1.58 bits per heavy atom. The summed E-state index contributed by atoms with van der Waals surface area (Å²) in [7, 11) is 1.79. The molecule has 0 spiro atoms. The van der Waals surface area contributed by atoms with E-state index in [1.807, 2.05) is 0 Å². The molecular formula is C11H24O. The van der Waals surface area contributed by atoms with Gasteiger partial charge in [-0.3, -0.25) is 0 Å². The molecule has 1 unspecified atom stereocenters. The molecule has 1 atom stereocenters. The molecule has 0 saturated carbocycles. The topological polar surface area (TPSA) is 9.23 Å². The lowest BCUT2D eigenvalue weighted by molar-refractivity contribution is 0.0905. The number of rotatable bonds is 5. The van der Waals surface area contributed by atoms with E-state index in [1.54, 1.807) is 7.11 Å².